The van der Waals surface area contributed by atoms with Gasteiger partial charge in [0.2, 0.25) is 5.91 Å². The van der Waals surface area contributed by atoms with Crippen LogP contribution >= 0.6 is 15.9 Å². The van der Waals surface area contributed by atoms with Gasteiger partial charge in [0.25, 0.3) is 0 Å². The quantitative estimate of drug-likeness (QED) is 0.410. The maximum atomic E-state index is 11.9. The summed E-state index contributed by atoms with van der Waals surface area (Å²) in [5.74, 6) is 0.335. The largest absolute Gasteiger partial charge is 0.342 e. The summed E-state index contributed by atoms with van der Waals surface area (Å²) in [6.45, 7) is 6.11. The lowest BCUT2D eigenvalue weighted by molar-refractivity contribution is -0.131. The van der Waals surface area contributed by atoms with Gasteiger partial charge in [-0.2, -0.15) is 0 Å². The molecule has 0 radical (unpaired) electrons. The standard InChI is InChI=1S/C14H28BrNO/c1-3-5-6-7-8-9-10-14(17)16(12-4-2)13-11-15/h3-13H2,1-2H3. The van der Waals surface area contributed by atoms with Crippen molar-refractivity contribution < 1.29 is 4.79 Å². The van der Waals surface area contributed by atoms with Gasteiger partial charge in [-0.3, -0.25) is 4.79 Å². The SMILES string of the molecule is CCCCCCCCC(=O)N(CCC)CCBr. The average molecular weight is 306 g/mol. The van der Waals surface area contributed by atoms with Crippen LogP contribution in [0.4, 0.5) is 0 Å². The van der Waals surface area contributed by atoms with E-state index >= 15 is 0 Å². The first kappa shape index (κ1) is 16.9. The second-order valence-electron chi connectivity index (χ2n) is 4.59. The minimum Gasteiger partial charge on any atom is -0.342 e. The Balaban J connectivity index is 3.59. The number of nitrogens with zero attached hydrogens (tertiary/aromatic N) is 1. The summed E-state index contributed by atoms with van der Waals surface area (Å²) in [6.07, 6.45) is 9.28. The van der Waals surface area contributed by atoms with Gasteiger partial charge in [0.05, 0.1) is 0 Å². The summed E-state index contributed by atoms with van der Waals surface area (Å²) in [5.41, 5.74) is 0. The lowest BCUT2D eigenvalue weighted by Gasteiger charge is -2.21. The molecule has 102 valence electrons. The Morgan fingerprint density at radius 2 is 1.59 bits per heavy atom. The summed E-state index contributed by atoms with van der Waals surface area (Å²) in [5, 5.41) is 0.884. The van der Waals surface area contributed by atoms with E-state index in [0.717, 1.165) is 37.7 Å². The molecule has 0 aliphatic heterocycles. The number of rotatable bonds is 11. The van der Waals surface area contributed by atoms with E-state index < -0.39 is 0 Å². The zero-order chi connectivity index (χ0) is 12.9. The highest BCUT2D eigenvalue weighted by atomic mass is 79.9. The molecule has 0 rings (SSSR count). The summed E-state index contributed by atoms with van der Waals surface area (Å²) in [7, 11) is 0. The van der Waals surface area contributed by atoms with E-state index in [9.17, 15) is 4.79 Å². The summed E-state index contributed by atoms with van der Waals surface area (Å²) < 4.78 is 0. The van der Waals surface area contributed by atoms with E-state index in [1.54, 1.807) is 0 Å². The van der Waals surface area contributed by atoms with Crippen molar-refractivity contribution in [2.75, 3.05) is 18.4 Å². The van der Waals surface area contributed by atoms with Gasteiger partial charge in [0, 0.05) is 24.8 Å². The maximum absolute atomic E-state index is 11.9. The number of unbranched alkanes of at least 4 members (excludes halogenated alkanes) is 5. The Bertz CT molecular complexity index is 179. The van der Waals surface area contributed by atoms with Crippen molar-refractivity contribution in [1.82, 2.24) is 4.90 Å². The van der Waals surface area contributed by atoms with E-state index in [0.29, 0.717) is 5.91 Å². The van der Waals surface area contributed by atoms with Crippen molar-refractivity contribution >= 4 is 21.8 Å². The Morgan fingerprint density at radius 1 is 0.941 bits per heavy atom. The highest BCUT2D eigenvalue weighted by molar-refractivity contribution is 9.09. The molecule has 0 atom stereocenters. The molecule has 0 saturated carbocycles. The summed E-state index contributed by atoms with van der Waals surface area (Å²) in [6, 6.07) is 0. The molecular formula is C14H28BrNO. The Hall–Kier alpha value is -0.0500. The van der Waals surface area contributed by atoms with E-state index in [1.165, 1.54) is 32.1 Å². The molecule has 2 nitrogen and oxygen atoms in total. The van der Waals surface area contributed by atoms with Crippen LogP contribution in [0.1, 0.15) is 65.2 Å². The molecule has 3 heteroatoms. The molecule has 17 heavy (non-hydrogen) atoms. The number of carbonyl (C=O) groups is 1. The predicted molar refractivity (Wildman–Crippen MR) is 78.7 cm³/mol. The third-order valence-electron chi connectivity index (χ3n) is 2.94. The Morgan fingerprint density at radius 3 is 2.18 bits per heavy atom. The summed E-state index contributed by atoms with van der Waals surface area (Å²) in [4.78, 5) is 13.9. The van der Waals surface area contributed by atoms with Crippen molar-refractivity contribution in [1.29, 1.82) is 0 Å². The fourth-order valence-electron chi connectivity index (χ4n) is 1.95. The molecule has 0 unspecified atom stereocenters. The van der Waals surface area contributed by atoms with Gasteiger partial charge in [-0.25, -0.2) is 0 Å². The minimum atomic E-state index is 0.335. The van der Waals surface area contributed by atoms with Crippen LogP contribution in [-0.2, 0) is 4.79 Å². The van der Waals surface area contributed by atoms with Gasteiger partial charge >= 0.3 is 0 Å². The first-order chi connectivity index (χ1) is 8.26. The summed E-state index contributed by atoms with van der Waals surface area (Å²) >= 11 is 3.40. The molecule has 1 amide bonds. The molecule has 0 aliphatic rings. The van der Waals surface area contributed by atoms with Gasteiger partial charge in [-0.15, -0.1) is 0 Å². The smallest absolute Gasteiger partial charge is 0.222 e. The normalized spacial score (nSPS) is 10.5. The molecule has 0 aliphatic carbocycles. The Kier molecular flexibility index (Phi) is 12.4. The molecule has 0 bridgehead atoms. The highest BCUT2D eigenvalue weighted by Crippen LogP contribution is 2.08. The van der Waals surface area contributed by atoms with Gasteiger partial charge in [0.1, 0.15) is 0 Å². The number of hydrogen-bond acceptors (Lipinski definition) is 1. The predicted octanol–water partition coefficient (Wildman–Crippen LogP) is 4.37. The molecular weight excluding hydrogens is 278 g/mol. The minimum absolute atomic E-state index is 0.335. The second-order valence-corrected chi connectivity index (χ2v) is 5.38. The van der Waals surface area contributed by atoms with Crippen LogP contribution < -0.4 is 0 Å². The number of carbonyl (C=O) groups excluding carboxylic acids is 1. The van der Waals surface area contributed by atoms with Crippen LogP contribution in [0, 0.1) is 0 Å². The van der Waals surface area contributed by atoms with Crippen LogP contribution in [0.25, 0.3) is 0 Å². The lowest BCUT2D eigenvalue weighted by Crippen LogP contribution is -2.33. The number of hydrogen-bond donors (Lipinski definition) is 0. The fourth-order valence-corrected chi connectivity index (χ4v) is 2.38. The lowest BCUT2D eigenvalue weighted by atomic mass is 10.1. The number of amides is 1. The average Bonchev–Trinajstić information content (AvgIpc) is 2.33. The van der Waals surface area contributed by atoms with Gasteiger partial charge in [-0.1, -0.05) is 61.9 Å². The molecule has 0 heterocycles. The van der Waals surface area contributed by atoms with Crippen LogP contribution in [0.15, 0.2) is 0 Å². The van der Waals surface area contributed by atoms with Gasteiger partial charge < -0.3 is 4.90 Å². The molecule has 0 N–H and O–H groups in total. The molecule has 0 fully saturated rings. The van der Waals surface area contributed by atoms with Crippen LogP contribution in [-0.4, -0.2) is 29.2 Å². The number of alkyl halides is 1. The third kappa shape index (κ3) is 9.63. The van der Waals surface area contributed by atoms with Crippen molar-refractivity contribution in [3.8, 4) is 0 Å². The van der Waals surface area contributed by atoms with E-state index in [2.05, 4.69) is 29.8 Å². The maximum Gasteiger partial charge on any atom is 0.222 e. The van der Waals surface area contributed by atoms with Gasteiger partial charge in [0.15, 0.2) is 0 Å². The molecule has 0 aromatic rings. The van der Waals surface area contributed by atoms with Crippen LogP contribution in [0.2, 0.25) is 0 Å². The van der Waals surface area contributed by atoms with Crippen molar-refractivity contribution in [3.63, 3.8) is 0 Å². The monoisotopic (exact) mass is 305 g/mol. The molecule has 0 spiro atoms. The van der Waals surface area contributed by atoms with Gasteiger partial charge in [-0.05, 0) is 12.8 Å². The highest BCUT2D eigenvalue weighted by Gasteiger charge is 2.10. The topological polar surface area (TPSA) is 20.3 Å². The molecule has 0 saturated heterocycles. The van der Waals surface area contributed by atoms with Crippen molar-refractivity contribution in [2.45, 2.75) is 65.2 Å². The molecule has 0 aromatic heterocycles. The van der Waals surface area contributed by atoms with Crippen molar-refractivity contribution in [3.05, 3.63) is 0 Å². The van der Waals surface area contributed by atoms with Crippen molar-refractivity contribution in [2.24, 2.45) is 0 Å². The Labute approximate surface area is 115 Å². The van der Waals surface area contributed by atoms with E-state index in [4.69, 9.17) is 0 Å². The second kappa shape index (κ2) is 12.4. The first-order valence-corrected chi connectivity index (χ1v) is 8.22. The van der Waals surface area contributed by atoms with Crippen LogP contribution in [0.5, 0.6) is 0 Å². The third-order valence-corrected chi connectivity index (χ3v) is 3.30. The van der Waals surface area contributed by atoms with Crippen LogP contribution in [0.3, 0.4) is 0 Å². The number of halogens is 1. The first-order valence-electron chi connectivity index (χ1n) is 7.10. The zero-order valence-corrected chi connectivity index (χ0v) is 13.1. The van der Waals surface area contributed by atoms with E-state index in [-0.39, 0.29) is 0 Å². The fraction of sp³-hybridized carbons (Fsp3) is 0.929. The molecule has 0 aromatic carbocycles. The zero-order valence-electron chi connectivity index (χ0n) is 11.5. The van der Waals surface area contributed by atoms with E-state index in [1.807, 2.05) is 4.90 Å².